The highest BCUT2D eigenvalue weighted by Crippen LogP contribution is 2.44. The third-order valence-electron chi connectivity index (χ3n) is 5.82. The van der Waals surface area contributed by atoms with Crippen LogP contribution >= 0.6 is 23.2 Å². The van der Waals surface area contributed by atoms with Gasteiger partial charge >= 0.3 is 0 Å². The lowest BCUT2D eigenvalue weighted by atomic mass is 9.96. The molecule has 0 bridgehead atoms. The Bertz CT molecular complexity index is 1190. The molecule has 0 saturated carbocycles. The average molecular weight is 498 g/mol. The topological polar surface area (TPSA) is 38.3 Å². The zero-order valence-electron chi connectivity index (χ0n) is 18.8. The average Bonchev–Trinajstić information content (AvgIpc) is 3.33. The number of carbonyl (C=O) groups is 1. The molecular formula is C28H26Cl2FNO2. The van der Waals surface area contributed by atoms with Crippen molar-refractivity contribution in [1.82, 2.24) is 0 Å². The van der Waals surface area contributed by atoms with Crippen molar-refractivity contribution in [2.24, 2.45) is 0 Å². The molecule has 0 unspecified atom stereocenters. The predicted octanol–water partition coefficient (Wildman–Crippen LogP) is 8.11. The SMILES string of the molecule is O=C(CCCCl)Nc1cccc(C2=C(c3cc(Cl)ccc3OCc3ccc(F)cc3)CCC2)c1. The quantitative estimate of drug-likeness (QED) is 0.303. The van der Waals surface area contributed by atoms with Crippen LogP contribution in [0.4, 0.5) is 10.1 Å². The highest BCUT2D eigenvalue weighted by molar-refractivity contribution is 6.30. The van der Waals surface area contributed by atoms with Gasteiger partial charge in [0.05, 0.1) is 0 Å². The van der Waals surface area contributed by atoms with Crippen LogP contribution in [0.2, 0.25) is 5.02 Å². The highest BCUT2D eigenvalue weighted by atomic mass is 35.5. The number of amides is 1. The molecule has 0 spiro atoms. The van der Waals surface area contributed by atoms with Crippen LogP contribution in [0.1, 0.15) is 48.8 Å². The van der Waals surface area contributed by atoms with Gasteiger partial charge in [0, 0.05) is 28.6 Å². The van der Waals surface area contributed by atoms with Crippen molar-refractivity contribution < 1.29 is 13.9 Å². The summed E-state index contributed by atoms with van der Waals surface area (Å²) in [7, 11) is 0. The molecule has 1 aliphatic carbocycles. The number of alkyl halides is 1. The maximum Gasteiger partial charge on any atom is 0.224 e. The number of rotatable bonds is 9. The van der Waals surface area contributed by atoms with Crippen molar-refractivity contribution >= 4 is 45.9 Å². The summed E-state index contributed by atoms with van der Waals surface area (Å²) >= 11 is 12.1. The first kappa shape index (κ1) is 24.3. The minimum Gasteiger partial charge on any atom is -0.488 e. The minimum absolute atomic E-state index is 0.0373. The van der Waals surface area contributed by atoms with Gasteiger partial charge in [0.25, 0.3) is 0 Å². The molecule has 3 nitrogen and oxygen atoms in total. The molecule has 0 aliphatic heterocycles. The lowest BCUT2D eigenvalue weighted by molar-refractivity contribution is -0.116. The zero-order chi connectivity index (χ0) is 23.9. The molecule has 1 N–H and O–H groups in total. The number of halogens is 3. The van der Waals surface area contributed by atoms with Crippen molar-refractivity contribution in [3.8, 4) is 5.75 Å². The molecule has 3 aromatic rings. The van der Waals surface area contributed by atoms with Crippen molar-refractivity contribution in [3.05, 3.63) is 94.3 Å². The van der Waals surface area contributed by atoms with E-state index >= 15 is 0 Å². The van der Waals surface area contributed by atoms with E-state index in [1.807, 2.05) is 36.4 Å². The summed E-state index contributed by atoms with van der Waals surface area (Å²) in [5.74, 6) is 0.905. The first-order chi connectivity index (χ1) is 16.5. The van der Waals surface area contributed by atoms with Crippen LogP contribution in [0.15, 0.2) is 66.7 Å². The van der Waals surface area contributed by atoms with Crippen molar-refractivity contribution in [2.45, 2.75) is 38.7 Å². The molecule has 6 heteroatoms. The van der Waals surface area contributed by atoms with Gasteiger partial charge in [-0.2, -0.15) is 0 Å². The van der Waals surface area contributed by atoms with Crippen LogP contribution in [0, 0.1) is 5.82 Å². The monoisotopic (exact) mass is 497 g/mol. The summed E-state index contributed by atoms with van der Waals surface area (Å²) < 4.78 is 19.4. The summed E-state index contributed by atoms with van der Waals surface area (Å²) in [6.07, 6.45) is 3.93. The molecule has 0 fully saturated rings. The summed E-state index contributed by atoms with van der Waals surface area (Å²) in [6.45, 7) is 0.335. The van der Waals surface area contributed by atoms with Gasteiger partial charge in [-0.15, -0.1) is 11.6 Å². The van der Waals surface area contributed by atoms with Gasteiger partial charge < -0.3 is 10.1 Å². The van der Waals surface area contributed by atoms with E-state index in [1.165, 1.54) is 23.3 Å². The Labute approximate surface area is 209 Å². The van der Waals surface area contributed by atoms with Crippen LogP contribution in [-0.4, -0.2) is 11.8 Å². The second-order valence-electron chi connectivity index (χ2n) is 8.29. The second-order valence-corrected chi connectivity index (χ2v) is 9.10. The molecule has 34 heavy (non-hydrogen) atoms. The van der Waals surface area contributed by atoms with Crippen LogP contribution in [0.5, 0.6) is 5.75 Å². The smallest absolute Gasteiger partial charge is 0.224 e. The zero-order valence-corrected chi connectivity index (χ0v) is 20.3. The molecule has 176 valence electrons. The Morgan fingerprint density at radius 2 is 1.79 bits per heavy atom. The first-order valence-corrected chi connectivity index (χ1v) is 12.3. The summed E-state index contributed by atoms with van der Waals surface area (Å²) in [6, 6.07) is 19.9. The molecule has 3 aromatic carbocycles. The molecular weight excluding hydrogens is 472 g/mol. The molecule has 0 saturated heterocycles. The van der Waals surface area contributed by atoms with Crippen LogP contribution in [0.3, 0.4) is 0 Å². The van der Waals surface area contributed by atoms with E-state index < -0.39 is 0 Å². The Balaban J connectivity index is 1.61. The molecule has 1 aliphatic rings. The van der Waals surface area contributed by atoms with Gasteiger partial charge in [0.2, 0.25) is 5.91 Å². The van der Waals surface area contributed by atoms with Crippen LogP contribution in [-0.2, 0) is 11.4 Å². The largest absolute Gasteiger partial charge is 0.488 e. The van der Waals surface area contributed by atoms with Gasteiger partial charge in [-0.3, -0.25) is 4.79 Å². The molecule has 0 radical (unpaired) electrons. The number of carbonyl (C=O) groups excluding carboxylic acids is 1. The lowest BCUT2D eigenvalue weighted by Crippen LogP contribution is -2.11. The Kier molecular flexibility index (Phi) is 8.25. The van der Waals surface area contributed by atoms with Crippen molar-refractivity contribution in [3.63, 3.8) is 0 Å². The van der Waals surface area contributed by atoms with E-state index in [2.05, 4.69) is 11.4 Å². The van der Waals surface area contributed by atoms with Gasteiger partial charge in [-0.1, -0.05) is 35.9 Å². The summed E-state index contributed by atoms with van der Waals surface area (Å²) in [5.41, 5.74) is 6.13. The maximum absolute atomic E-state index is 13.2. The van der Waals surface area contributed by atoms with Crippen LogP contribution < -0.4 is 10.1 Å². The Morgan fingerprint density at radius 1 is 1.00 bits per heavy atom. The Hall–Kier alpha value is -2.82. The Morgan fingerprint density at radius 3 is 2.59 bits per heavy atom. The number of benzene rings is 3. The lowest BCUT2D eigenvalue weighted by Gasteiger charge is -2.16. The van der Waals surface area contributed by atoms with Gasteiger partial charge in [-0.05, 0) is 90.4 Å². The number of hydrogen-bond donors (Lipinski definition) is 1. The van der Waals surface area contributed by atoms with Gasteiger partial charge in [-0.25, -0.2) is 4.39 Å². The number of hydrogen-bond acceptors (Lipinski definition) is 2. The predicted molar refractivity (Wildman–Crippen MR) is 138 cm³/mol. The van der Waals surface area contributed by atoms with E-state index in [0.717, 1.165) is 47.4 Å². The fraction of sp³-hybridized carbons (Fsp3) is 0.250. The number of allylic oxidation sites excluding steroid dienone is 2. The molecule has 0 heterocycles. The van der Waals surface area contributed by atoms with E-state index in [1.54, 1.807) is 12.1 Å². The molecule has 0 aromatic heterocycles. The number of ether oxygens (including phenoxy) is 1. The minimum atomic E-state index is -0.269. The van der Waals surface area contributed by atoms with E-state index in [9.17, 15) is 9.18 Å². The maximum atomic E-state index is 13.2. The van der Waals surface area contributed by atoms with Crippen molar-refractivity contribution in [1.29, 1.82) is 0 Å². The third-order valence-corrected chi connectivity index (χ3v) is 6.33. The van der Waals surface area contributed by atoms with E-state index in [4.69, 9.17) is 27.9 Å². The number of anilines is 1. The second kappa shape index (κ2) is 11.5. The van der Waals surface area contributed by atoms with Crippen LogP contribution in [0.25, 0.3) is 11.1 Å². The van der Waals surface area contributed by atoms with Gasteiger partial charge in [0.15, 0.2) is 0 Å². The fourth-order valence-corrected chi connectivity index (χ4v) is 4.51. The van der Waals surface area contributed by atoms with E-state index in [0.29, 0.717) is 30.4 Å². The normalized spacial score (nSPS) is 13.3. The summed E-state index contributed by atoms with van der Waals surface area (Å²) in [4.78, 5) is 12.1. The number of nitrogens with one attached hydrogen (secondary N) is 1. The standard InChI is InChI=1S/C28H26Cl2FNO2/c29-15-3-8-28(33)32-23-5-1-4-20(16-23)24-6-2-7-25(24)26-17-21(30)11-14-27(26)34-18-19-9-12-22(31)13-10-19/h1,4-5,9-14,16-17H,2-3,6-8,15,18H2,(H,32,33). The molecule has 0 atom stereocenters. The summed E-state index contributed by atoms with van der Waals surface area (Å²) in [5, 5.41) is 3.61. The fourth-order valence-electron chi connectivity index (χ4n) is 4.20. The van der Waals surface area contributed by atoms with E-state index in [-0.39, 0.29) is 11.7 Å². The van der Waals surface area contributed by atoms with Gasteiger partial charge in [0.1, 0.15) is 18.2 Å². The molecule has 1 amide bonds. The first-order valence-electron chi connectivity index (χ1n) is 11.4. The highest BCUT2D eigenvalue weighted by Gasteiger charge is 2.21. The van der Waals surface area contributed by atoms with Crippen molar-refractivity contribution in [2.75, 3.05) is 11.2 Å². The third kappa shape index (κ3) is 6.19. The molecule has 4 rings (SSSR count).